The lowest BCUT2D eigenvalue weighted by Crippen LogP contribution is -2.62. The Morgan fingerprint density at radius 1 is 1.14 bits per heavy atom. The first kappa shape index (κ1) is 29.5. The highest BCUT2D eigenvalue weighted by molar-refractivity contribution is 6.35. The van der Waals surface area contributed by atoms with Gasteiger partial charge in [-0.25, -0.2) is 28.7 Å². The first-order valence-corrected chi connectivity index (χ1v) is 13.6. The summed E-state index contributed by atoms with van der Waals surface area (Å²) in [6.45, 7) is 0.932. The number of rotatable bonds is 5. The number of hydrogen-bond acceptors (Lipinski definition) is 9. The average Bonchev–Trinajstić information content (AvgIpc) is 3.38. The van der Waals surface area contributed by atoms with Crippen molar-refractivity contribution in [3.8, 4) is 17.0 Å². The number of piperazine rings is 1. The third-order valence-corrected chi connectivity index (χ3v) is 7.78. The molecule has 0 bridgehead atoms. The number of nitrogens with zero attached hydrogens (tertiary/aromatic N) is 7. The molecule has 0 amide bonds. The standard InChI is InChI=1S/C27H23ClF5N9O2/c1-12(41-25-19(23(34)36-11-37-25)22(39-41)13-6-7-16(44-2)21(30)20(13)29)24-38-15-5-3-4-14(28)18(15)26(43)42(24)40-9-8-35-17(10-40)27(31,32)33/h3-7,11-12,17,35H,8-10H2,1-2H3,(H2,34,36,37). The Morgan fingerprint density at radius 2 is 1.91 bits per heavy atom. The number of anilines is 1. The summed E-state index contributed by atoms with van der Waals surface area (Å²) in [5, 5.41) is 8.35. The van der Waals surface area contributed by atoms with Crippen LogP contribution in [0.2, 0.25) is 5.02 Å². The second-order valence-electron chi connectivity index (χ2n) is 10.1. The molecule has 2 aromatic carbocycles. The molecular weight excluding hydrogens is 613 g/mol. The van der Waals surface area contributed by atoms with E-state index in [4.69, 9.17) is 22.1 Å². The normalized spacial score (nSPS) is 16.5. The number of aromatic nitrogens is 6. The van der Waals surface area contributed by atoms with Gasteiger partial charge in [-0.2, -0.15) is 22.7 Å². The summed E-state index contributed by atoms with van der Waals surface area (Å²) in [6.07, 6.45) is -3.45. The fourth-order valence-electron chi connectivity index (χ4n) is 5.31. The zero-order valence-electron chi connectivity index (χ0n) is 23.0. The van der Waals surface area contributed by atoms with Crippen LogP contribution in [0, 0.1) is 11.6 Å². The van der Waals surface area contributed by atoms with E-state index in [-0.39, 0.29) is 68.7 Å². The molecule has 3 aromatic heterocycles. The van der Waals surface area contributed by atoms with Crippen molar-refractivity contribution in [3.63, 3.8) is 0 Å². The quantitative estimate of drug-likeness (QED) is 0.277. The van der Waals surface area contributed by atoms with Crippen LogP contribution >= 0.6 is 11.6 Å². The predicted octanol–water partition coefficient (Wildman–Crippen LogP) is 3.81. The monoisotopic (exact) mass is 635 g/mol. The van der Waals surface area contributed by atoms with Crippen LogP contribution in [-0.4, -0.2) is 68.4 Å². The molecule has 1 saturated heterocycles. The minimum absolute atomic E-state index is 0.0119. The molecule has 2 atom stereocenters. The van der Waals surface area contributed by atoms with Crippen molar-refractivity contribution in [1.29, 1.82) is 0 Å². The second-order valence-corrected chi connectivity index (χ2v) is 10.5. The molecule has 44 heavy (non-hydrogen) atoms. The molecule has 0 aliphatic carbocycles. The fourth-order valence-corrected chi connectivity index (χ4v) is 5.56. The van der Waals surface area contributed by atoms with Gasteiger partial charge in [-0.1, -0.05) is 17.7 Å². The molecule has 2 unspecified atom stereocenters. The Balaban J connectivity index is 1.59. The van der Waals surface area contributed by atoms with Crippen LogP contribution in [0.1, 0.15) is 18.8 Å². The van der Waals surface area contributed by atoms with Gasteiger partial charge in [0, 0.05) is 18.7 Å². The molecule has 0 spiro atoms. The Hall–Kier alpha value is -4.57. The van der Waals surface area contributed by atoms with Crippen molar-refractivity contribution < 1.29 is 26.7 Å². The van der Waals surface area contributed by atoms with Gasteiger partial charge in [0.1, 0.15) is 29.9 Å². The number of nitrogens with two attached hydrogens (primary N) is 1. The van der Waals surface area contributed by atoms with E-state index in [0.717, 1.165) is 11.0 Å². The molecule has 3 N–H and O–H groups in total. The van der Waals surface area contributed by atoms with Crippen molar-refractivity contribution in [2.24, 2.45) is 0 Å². The molecule has 1 aliphatic heterocycles. The van der Waals surface area contributed by atoms with E-state index in [0.29, 0.717) is 0 Å². The van der Waals surface area contributed by atoms with Gasteiger partial charge in [0.2, 0.25) is 5.82 Å². The van der Waals surface area contributed by atoms with Crippen LogP contribution in [0.25, 0.3) is 33.2 Å². The Bertz CT molecular complexity index is 1980. The van der Waals surface area contributed by atoms with Crippen molar-refractivity contribution in [2.75, 3.05) is 37.5 Å². The maximum absolute atomic E-state index is 15.3. The molecule has 1 aliphatic rings. The van der Waals surface area contributed by atoms with E-state index in [1.165, 1.54) is 35.0 Å². The van der Waals surface area contributed by atoms with E-state index in [1.54, 1.807) is 19.1 Å². The molecular formula is C27H23ClF5N9O2. The first-order valence-electron chi connectivity index (χ1n) is 13.2. The molecule has 0 saturated carbocycles. The number of hydrogen-bond donors (Lipinski definition) is 2. The van der Waals surface area contributed by atoms with Crippen LogP contribution in [-0.2, 0) is 0 Å². The third kappa shape index (κ3) is 4.73. The van der Waals surface area contributed by atoms with Gasteiger partial charge in [-0.05, 0) is 31.2 Å². The summed E-state index contributed by atoms with van der Waals surface area (Å²) in [6, 6.07) is 4.14. The zero-order valence-corrected chi connectivity index (χ0v) is 23.8. The molecule has 0 radical (unpaired) electrons. The van der Waals surface area contributed by atoms with Gasteiger partial charge in [0.25, 0.3) is 5.56 Å². The molecule has 5 aromatic rings. The minimum atomic E-state index is -4.59. The zero-order chi connectivity index (χ0) is 31.5. The Morgan fingerprint density at radius 3 is 2.64 bits per heavy atom. The lowest BCUT2D eigenvalue weighted by Gasteiger charge is -2.38. The molecule has 4 heterocycles. The van der Waals surface area contributed by atoms with Crippen molar-refractivity contribution in [2.45, 2.75) is 25.2 Å². The van der Waals surface area contributed by atoms with Crippen LogP contribution in [0.5, 0.6) is 5.75 Å². The lowest BCUT2D eigenvalue weighted by atomic mass is 10.1. The molecule has 230 valence electrons. The van der Waals surface area contributed by atoms with Crippen LogP contribution < -0.4 is 26.4 Å². The summed E-state index contributed by atoms with van der Waals surface area (Å²) in [4.78, 5) is 26.9. The topological polar surface area (TPSA) is 129 Å². The maximum Gasteiger partial charge on any atom is 0.405 e. The summed E-state index contributed by atoms with van der Waals surface area (Å²) >= 11 is 6.35. The smallest absolute Gasteiger partial charge is 0.405 e. The first-order chi connectivity index (χ1) is 20.9. The van der Waals surface area contributed by atoms with Crippen LogP contribution in [0.4, 0.5) is 27.8 Å². The molecule has 1 fully saturated rings. The number of halogens is 6. The number of methoxy groups -OCH3 is 1. The third-order valence-electron chi connectivity index (χ3n) is 7.46. The number of fused-ring (bicyclic) bond motifs is 2. The predicted molar refractivity (Wildman–Crippen MR) is 152 cm³/mol. The van der Waals surface area contributed by atoms with E-state index < -0.39 is 42.0 Å². The van der Waals surface area contributed by atoms with Gasteiger partial charge < -0.3 is 20.8 Å². The van der Waals surface area contributed by atoms with Gasteiger partial charge in [-0.3, -0.25) is 4.79 Å². The van der Waals surface area contributed by atoms with Gasteiger partial charge in [-0.15, -0.1) is 0 Å². The Kier molecular flexibility index (Phi) is 7.28. The summed E-state index contributed by atoms with van der Waals surface area (Å²) in [7, 11) is 1.19. The number of alkyl halides is 3. The van der Waals surface area contributed by atoms with Crippen molar-refractivity contribution in [1.82, 2.24) is 34.7 Å². The van der Waals surface area contributed by atoms with E-state index >= 15 is 4.39 Å². The minimum Gasteiger partial charge on any atom is -0.494 e. The van der Waals surface area contributed by atoms with Crippen LogP contribution in [0.3, 0.4) is 0 Å². The number of nitrogen functional groups attached to an aromatic ring is 1. The highest BCUT2D eigenvalue weighted by Gasteiger charge is 2.43. The molecule has 17 heteroatoms. The molecule has 6 rings (SSSR count). The second kappa shape index (κ2) is 10.9. The number of ether oxygens (including phenoxy) is 1. The SMILES string of the molecule is COc1ccc(-c2nn(C(C)c3nc4cccc(Cl)c4c(=O)n3N3CCNC(C(F)(F)F)C3)c3ncnc(N)c23)c(F)c1F. The number of benzene rings is 2. The highest BCUT2D eigenvalue weighted by atomic mass is 35.5. The van der Waals surface area contributed by atoms with Crippen molar-refractivity contribution >= 4 is 39.4 Å². The fraction of sp³-hybridized carbons (Fsp3) is 0.296. The summed E-state index contributed by atoms with van der Waals surface area (Å²) in [5.41, 5.74) is 5.35. The van der Waals surface area contributed by atoms with E-state index in [9.17, 15) is 22.4 Å². The number of nitrogens with one attached hydrogen (secondary N) is 1. The van der Waals surface area contributed by atoms with Gasteiger partial charge in [0.15, 0.2) is 23.0 Å². The van der Waals surface area contributed by atoms with Gasteiger partial charge >= 0.3 is 6.18 Å². The summed E-state index contributed by atoms with van der Waals surface area (Å²) in [5.74, 6) is -2.95. The Labute approximate surface area is 250 Å². The average molecular weight is 636 g/mol. The molecule has 11 nitrogen and oxygen atoms in total. The van der Waals surface area contributed by atoms with E-state index in [2.05, 4.69) is 25.4 Å². The van der Waals surface area contributed by atoms with Crippen LogP contribution in [0.15, 0.2) is 41.5 Å². The maximum atomic E-state index is 15.3. The summed E-state index contributed by atoms with van der Waals surface area (Å²) < 4.78 is 78.4. The van der Waals surface area contributed by atoms with E-state index in [1.807, 2.05) is 0 Å². The van der Waals surface area contributed by atoms with Gasteiger partial charge in [0.05, 0.1) is 35.0 Å². The van der Waals surface area contributed by atoms with Crippen molar-refractivity contribution in [3.05, 3.63) is 69.5 Å². The highest BCUT2D eigenvalue weighted by Crippen LogP contribution is 2.36. The largest absolute Gasteiger partial charge is 0.494 e. The lowest BCUT2D eigenvalue weighted by molar-refractivity contribution is -0.156.